The third kappa shape index (κ3) is 5.89. The molecule has 4 saturated carbocycles. The Bertz CT molecular complexity index is 2330. The fourth-order valence-electron chi connectivity index (χ4n) is 7.64. The van der Waals surface area contributed by atoms with Gasteiger partial charge in [-0.2, -0.15) is 0 Å². The van der Waals surface area contributed by atoms with E-state index in [1.54, 1.807) is 43.1 Å². The first-order valence-corrected chi connectivity index (χ1v) is 18.2. The van der Waals surface area contributed by atoms with Gasteiger partial charge in [0.1, 0.15) is 41.9 Å². The SMILES string of the molecule is Cn1c(-c2cnccc2OC2CC2C2CC2Oc2ncccc2-c2cc3cc(NC(=O)[C@@H]4C[C@@H]4F)ncc3n2C)cc2cc(NC(=O)[C@@H]3C[C@@H]3F)ncc21. The fraction of sp³-hybridized carbons (Fsp3) is 0.350. The van der Waals surface area contributed by atoms with Crippen molar-refractivity contribution in [1.29, 1.82) is 0 Å². The van der Waals surface area contributed by atoms with E-state index in [1.807, 2.05) is 53.6 Å². The van der Waals surface area contributed by atoms with Gasteiger partial charge in [-0.3, -0.25) is 14.6 Å². The summed E-state index contributed by atoms with van der Waals surface area (Å²) in [6.45, 7) is 0. The van der Waals surface area contributed by atoms with Crippen molar-refractivity contribution in [2.24, 2.45) is 37.8 Å². The number of amides is 2. The molecule has 8 atom stereocenters. The second-order valence-electron chi connectivity index (χ2n) is 15.0. The number of halogens is 2. The number of anilines is 2. The number of carbonyl (C=O) groups is 2. The third-order valence-electron chi connectivity index (χ3n) is 11.2. The van der Waals surface area contributed by atoms with Crippen LogP contribution in [0, 0.1) is 23.7 Å². The van der Waals surface area contributed by atoms with E-state index in [1.165, 1.54) is 0 Å². The van der Waals surface area contributed by atoms with Crippen LogP contribution in [-0.4, -0.2) is 65.4 Å². The van der Waals surface area contributed by atoms with E-state index in [-0.39, 0.29) is 36.9 Å². The lowest BCUT2D eigenvalue weighted by molar-refractivity contribution is -0.118. The molecule has 4 fully saturated rings. The molecule has 54 heavy (non-hydrogen) atoms. The molecule has 0 spiro atoms. The summed E-state index contributed by atoms with van der Waals surface area (Å²) < 4.78 is 44.0. The normalized spacial score (nSPS) is 26.4. The lowest BCUT2D eigenvalue weighted by atomic mass is 10.2. The van der Waals surface area contributed by atoms with Gasteiger partial charge in [0.15, 0.2) is 0 Å². The van der Waals surface area contributed by atoms with Crippen LogP contribution >= 0.6 is 0 Å². The summed E-state index contributed by atoms with van der Waals surface area (Å²) >= 11 is 0. The van der Waals surface area contributed by atoms with Crippen LogP contribution in [0.15, 0.2) is 73.4 Å². The number of carbonyl (C=O) groups excluding carboxylic acids is 2. The van der Waals surface area contributed by atoms with E-state index in [2.05, 4.69) is 30.6 Å². The Hall–Kier alpha value is -5.92. The highest BCUT2D eigenvalue weighted by Crippen LogP contribution is 2.54. The van der Waals surface area contributed by atoms with Crippen LogP contribution in [0.1, 0.15) is 25.7 Å². The zero-order valence-corrected chi connectivity index (χ0v) is 29.4. The van der Waals surface area contributed by atoms with Crippen molar-refractivity contribution in [3.05, 3.63) is 73.4 Å². The summed E-state index contributed by atoms with van der Waals surface area (Å²) in [6, 6.07) is 13.4. The smallest absolute Gasteiger partial charge is 0.231 e. The first kappa shape index (κ1) is 32.7. The van der Waals surface area contributed by atoms with Crippen LogP contribution < -0.4 is 20.1 Å². The minimum atomic E-state index is -1.07. The molecule has 2 N–H and O–H groups in total. The maximum absolute atomic E-state index is 13.4. The summed E-state index contributed by atoms with van der Waals surface area (Å²) in [7, 11) is 3.91. The molecule has 10 rings (SSSR count). The number of hydrogen-bond acceptors (Lipinski definition) is 8. The fourth-order valence-corrected chi connectivity index (χ4v) is 7.64. The minimum Gasteiger partial charge on any atom is -0.489 e. The van der Waals surface area contributed by atoms with Crippen LogP contribution in [0.3, 0.4) is 0 Å². The minimum absolute atomic E-state index is 0.0187. The number of nitrogens with one attached hydrogen (secondary N) is 2. The number of pyridine rings is 4. The van der Waals surface area contributed by atoms with Gasteiger partial charge in [-0.05, 0) is 68.1 Å². The molecular weight excluding hydrogens is 694 g/mol. The molecule has 4 aliphatic carbocycles. The molecule has 0 aliphatic heterocycles. The van der Waals surface area contributed by atoms with Gasteiger partial charge in [-0.15, -0.1) is 0 Å². The van der Waals surface area contributed by atoms with Crippen molar-refractivity contribution in [1.82, 2.24) is 29.1 Å². The van der Waals surface area contributed by atoms with E-state index < -0.39 is 24.2 Å². The van der Waals surface area contributed by atoms with Crippen LogP contribution in [0.4, 0.5) is 20.4 Å². The first-order valence-electron chi connectivity index (χ1n) is 18.2. The number of hydrogen-bond donors (Lipinski definition) is 2. The molecule has 2 amide bonds. The van der Waals surface area contributed by atoms with E-state index in [9.17, 15) is 18.4 Å². The van der Waals surface area contributed by atoms with Crippen LogP contribution in [0.5, 0.6) is 11.6 Å². The number of ether oxygens (including phenoxy) is 2. The molecule has 4 aliphatic rings. The molecule has 14 heteroatoms. The predicted molar refractivity (Wildman–Crippen MR) is 196 cm³/mol. The van der Waals surface area contributed by atoms with E-state index in [0.29, 0.717) is 29.4 Å². The Kier molecular flexibility index (Phi) is 7.46. The van der Waals surface area contributed by atoms with Crippen LogP contribution in [0.2, 0.25) is 0 Å². The number of rotatable bonds is 11. The summed E-state index contributed by atoms with van der Waals surface area (Å²) in [5, 5.41) is 7.25. The molecule has 6 heterocycles. The van der Waals surface area contributed by atoms with Gasteiger partial charge in [0.2, 0.25) is 17.7 Å². The molecule has 6 aromatic rings. The number of aryl methyl sites for hydroxylation is 2. The predicted octanol–water partition coefficient (Wildman–Crippen LogP) is 6.41. The average molecular weight is 731 g/mol. The Balaban J connectivity index is 0.813. The second-order valence-corrected chi connectivity index (χ2v) is 15.0. The van der Waals surface area contributed by atoms with Gasteiger partial charge in [-0.25, -0.2) is 23.7 Å². The standard InChI is InChI=1S/C40H36F2N8O4/c1-49-29(8-19-10-36(45-17-31(19)49)47-38(51)24-12-27(24)41)21-4-3-6-44-40(21)54-35-15-23(35)22-14-34(22)53-33-5-7-43-16-26(33)30-9-20-11-37(46-18-32(20)50(30)2)48-39(52)25-13-28(25)42/h3-11,16-18,22-25,27-28,34-35H,12-15H2,1-2H3,(H,45,47,51)(H,46,48,52)/t22?,23?,24-,25-,27+,28+,34?,35?/m1/s1. The van der Waals surface area contributed by atoms with Crippen LogP contribution in [0.25, 0.3) is 44.3 Å². The number of nitrogens with zero attached hydrogens (tertiary/aromatic N) is 6. The van der Waals surface area contributed by atoms with Gasteiger partial charge in [-0.1, -0.05) is 0 Å². The topological polar surface area (TPSA) is 138 Å². The molecule has 0 bridgehead atoms. The highest BCUT2D eigenvalue weighted by Gasteiger charge is 2.57. The Morgan fingerprint density at radius 1 is 0.704 bits per heavy atom. The van der Waals surface area contributed by atoms with Crippen molar-refractivity contribution in [3.63, 3.8) is 0 Å². The van der Waals surface area contributed by atoms with E-state index >= 15 is 0 Å². The third-order valence-corrected chi connectivity index (χ3v) is 11.2. The van der Waals surface area contributed by atoms with Crippen LogP contribution in [-0.2, 0) is 23.7 Å². The quantitative estimate of drug-likeness (QED) is 0.156. The summed E-state index contributed by atoms with van der Waals surface area (Å²) in [5.74, 6) is 0.912. The first-order chi connectivity index (χ1) is 26.2. The monoisotopic (exact) mass is 730 g/mol. The van der Waals surface area contributed by atoms with Gasteiger partial charge in [0.25, 0.3) is 0 Å². The van der Waals surface area contributed by atoms with Crippen molar-refractivity contribution >= 4 is 45.3 Å². The molecule has 12 nitrogen and oxygen atoms in total. The maximum atomic E-state index is 13.4. The van der Waals surface area contributed by atoms with E-state index in [4.69, 9.17) is 9.47 Å². The molecule has 0 aromatic carbocycles. The molecule has 0 radical (unpaired) electrons. The largest absolute Gasteiger partial charge is 0.489 e. The highest BCUT2D eigenvalue weighted by molar-refractivity contribution is 5.97. The van der Waals surface area contributed by atoms with Crippen molar-refractivity contribution in [3.8, 4) is 34.1 Å². The molecule has 274 valence electrons. The van der Waals surface area contributed by atoms with Crippen molar-refractivity contribution in [2.75, 3.05) is 10.6 Å². The lowest BCUT2D eigenvalue weighted by Crippen LogP contribution is -2.15. The summed E-state index contributed by atoms with van der Waals surface area (Å²) in [4.78, 5) is 42.4. The zero-order valence-electron chi connectivity index (χ0n) is 29.4. The lowest BCUT2D eigenvalue weighted by Gasteiger charge is -2.13. The summed E-state index contributed by atoms with van der Waals surface area (Å²) in [5.41, 5.74) is 5.26. The second kappa shape index (κ2) is 12.3. The average Bonchev–Trinajstić information content (AvgIpc) is 4.05. The highest BCUT2D eigenvalue weighted by atomic mass is 19.1. The number of fused-ring (bicyclic) bond motifs is 2. The Morgan fingerprint density at radius 3 is 1.83 bits per heavy atom. The maximum Gasteiger partial charge on any atom is 0.231 e. The number of aromatic nitrogens is 6. The Labute approximate surface area is 307 Å². The van der Waals surface area contributed by atoms with E-state index in [0.717, 1.165) is 62.9 Å². The molecule has 0 saturated heterocycles. The van der Waals surface area contributed by atoms with Gasteiger partial charge >= 0.3 is 0 Å². The van der Waals surface area contributed by atoms with Gasteiger partial charge < -0.3 is 29.2 Å². The Morgan fingerprint density at radius 2 is 1.26 bits per heavy atom. The zero-order chi connectivity index (χ0) is 36.8. The van der Waals surface area contributed by atoms with Gasteiger partial charge in [0.05, 0.1) is 57.8 Å². The van der Waals surface area contributed by atoms with Crippen molar-refractivity contribution < 1.29 is 27.8 Å². The van der Waals surface area contributed by atoms with Gasteiger partial charge in [0, 0.05) is 55.3 Å². The van der Waals surface area contributed by atoms with Crippen molar-refractivity contribution in [2.45, 2.75) is 50.2 Å². The molecule has 6 aromatic heterocycles. The molecule has 4 unspecified atom stereocenters. The molecular formula is C40H36F2N8O4. The summed E-state index contributed by atoms with van der Waals surface area (Å²) in [6.07, 6.45) is 8.94. The number of alkyl halides is 2.